The molecule has 1 heterocycles. The Morgan fingerprint density at radius 1 is 0.966 bits per heavy atom. The van der Waals surface area contributed by atoms with E-state index in [2.05, 4.69) is 10.1 Å². The number of nitrogens with zero attached hydrogens (tertiary/aromatic N) is 2. The van der Waals surface area contributed by atoms with Gasteiger partial charge >= 0.3 is 5.97 Å². The van der Waals surface area contributed by atoms with E-state index in [1.807, 2.05) is 42.5 Å². The highest BCUT2D eigenvalue weighted by atomic mass is 16.6. The van der Waals surface area contributed by atoms with Gasteiger partial charge in [0.15, 0.2) is 6.61 Å². The fraction of sp³-hybridized carbons (Fsp3) is 0.136. The molecule has 0 radical (unpaired) electrons. The summed E-state index contributed by atoms with van der Waals surface area (Å²) in [5, 5.41) is 5.82. The number of methoxy groups -OCH3 is 2. The number of benzene rings is 3. The van der Waals surface area contributed by atoms with E-state index in [1.165, 1.54) is 7.11 Å². The number of fused-ring (bicyclic) bond motifs is 1. The highest BCUT2D eigenvalue weighted by Crippen LogP contribution is 2.27. The summed E-state index contributed by atoms with van der Waals surface area (Å²) in [6, 6.07) is 18.5. The van der Waals surface area contributed by atoms with Crippen LogP contribution < -0.4 is 9.47 Å². The van der Waals surface area contributed by atoms with Gasteiger partial charge < -0.3 is 18.7 Å². The van der Waals surface area contributed by atoms with E-state index in [9.17, 15) is 4.79 Å². The lowest BCUT2D eigenvalue weighted by molar-refractivity contribution is 0.0426. The zero-order valence-corrected chi connectivity index (χ0v) is 15.9. The van der Waals surface area contributed by atoms with Crippen LogP contribution in [-0.2, 0) is 11.3 Å². The largest absolute Gasteiger partial charge is 0.497 e. The quantitative estimate of drug-likeness (QED) is 0.455. The summed E-state index contributed by atoms with van der Waals surface area (Å²) >= 11 is 0. The van der Waals surface area contributed by atoms with Crippen molar-refractivity contribution < 1.29 is 23.5 Å². The van der Waals surface area contributed by atoms with Gasteiger partial charge in [-0.05, 0) is 35.0 Å². The van der Waals surface area contributed by atoms with Gasteiger partial charge in [0.2, 0.25) is 5.82 Å². The predicted molar refractivity (Wildman–Crippen MR) is 106 cm³/mol. The topological polar surface area (TPSA) is 83.7 Å². The van der Waals surface area contributed by atoms with Gasteiger partial charge in [0.25, 0.3) is 5.89 Å². The van der Waals surface area contributed by atoms with Crippen molar-refractivity contribution >= 4 is 16.7 Å². The first-order valence-electron chi connectivity index (χ1n) is 8.89. The molecule has 3 aromatic carbocycles. The lowest BCUT2D eigenvalue weighted by Gasteiger charge is -2.09. The number of rotatable bonds is 6. The molecular weight excluding hydrogens is 372 g/mol. The minimum atomic E-state index is -0.534. The molecule has 0 saturated carbocycles. The van der Waals surface area contributed by atoms with E-state index in [0.717, 1.165) is 16.3 Å². The number of carbonyl (C=O) groups excluding carboxylic acids is 1. The molecule has 0 saturated heterocycles. The van der Waals surface area contributed by atoms with Crippen LogP contribution in [0, 0.1) is 0 Å². The lowest BCUT2D eigenvalue weighted by atomic mass is 10.1. The fourth-order valence-corrected chi connectivity index (χ4v) is 2.95. The summed E-state index contributed by atoms with van der Waals surface area (Å²) < 4.78 is 21.1. The van der Waals surface area contributed by atoms with Gasteiger partial charge in [-0.3, -0.25) is 0 Å². The summed E-state index contributed by atoms with van der Waals surface area (Å²) in [4.78, 5) is 16.9. The van der Waals surface area contributed by atoms with E-state index in [4.69, 9.17) is 18.7 Å². The summed E-state index contributed by atoms with van der Waals surface area (Å²) in [5.41, 5.74) is 1.07. The molecular formula is C22H18N2O5. The number of ether oxygens (including phenoxy) is 3. The zero-order chi connectivity index (χ0) is 20.2. The Kier molecular flexibility index (Phi) is 5.11. The van der Waals surface area contributed by atoms with E-state index in [1.54, 1.807) is 25.3 Å². The second-order valence-corrected chi connectivity index (χ2v) is 6.22. The average Bonchev–Trinajstić information content (AvgIpc) is 3.25. The predicted octanol–water partition coefficient (Wildman–Crippen LogP) is 4.26. The van der Waals surface area contributed by atoms with Gasteiger partial charge in [-0.15, -0.1) is 0 Å². The molecule has 146 valence electrons. The molecule has 4 aromatic rings. The van der Waals surface area contributed by atoms with Crippen LogP contribution in [-0.4, -0.2) is 30.3 Å². The second-order valence-electron chi connectivity index (χ2n) is 6.22. The van der Waals surface area contributed by atoms with Crippen molar-refractivity contribution in [1.29, 1.82) is 0 Å². The first-order chi connectivity index (χ1) is 14.2. The molecule has 7 nitrogen and oxygen atoms in total. The van der Waals surface area contributed by atoms with E-state index in [0.29, 0.717) is 22.9 Å². The normalized spacial score (nSPS) is 10.7. The smallest absolute Gasteiger partial charge is 0.342 e. The van der Waals surface area contributed by atoms with Crippen molar-refractivity contribution in [2.45, 2.75) is 6.61 Å². The van der Waals surface area contributed by atoms with Crippen molar-refractivity contribution in [1.82, 2.24) is 10.1 Å². The van der Waals surface area contributed by atoms with Gasteiger partial charge in [0.05, 0.1) is 14.2 Å². The minimum absolute atomic E-state index is 0.147. The molecule has 0 bridgehead atoms. The van der Waals surface area contributed by atoms with Gasteiger partial charge in [-0.2, -0.15) is 4.98 Å². The van der Waals surface area contributed by atoms with Crippen LogP contribution in [0.4, 0.5) is 0 Å². The number of aromatic nitrogens is 2. The van der Waals surface area contributed by atoms with Crippen molar-refractivity contribution in [2.24, 2.45) is 0 Å². The zero-order valence-electron chi connectivity index (χ0n) is 15.9. The molecule has 0 aliphatic carbocycles. The van der Waals surface area contributed by atoms with Crippen molar-refractivity contribution in [3.8, 4) is 22.9 Å². The summed E-state index contributed by atoms with van der Waals surface area (Å²) in [6.45, 7) is -0.147. The second kappa shape index (κ2) is 8.02. The highest BCUT2D eigenvalue weighted by Gasteiger charge is 2.17. The minimum Gasteiger partial charge on any atom is -0.497 e. The third kappa shape index (κ3) is 3.89. The van der Waals surface area contributed by atoms with Crippen LogP contribution in [0.5, 0.6) is 11.5 Å². The Bertz CT molecular complexity index is 1170. The monoisotopic (exact) mass is 390 g/mol. The van der Waals surface area contributed by atoms with E-state index >= 15 is 0 Å². The molecule has 0 amide bonds. The van der Waals surface area contributed by atoms with Crippen molar-refractivity contribution in [3.63, 3.8) is 0 Å². The summed E-state index contributed by atoms with van der Waals surface area (Å²) in [7, 11) is 3.10. The maximum atomic E-state index is 12.6. The lowest BCUT2D eigenvalue weighted by Crippen LogP contribution is -2.07. The number of hydrogen-bond acceptors (Lipinski definition) is 7. The Morgan fingerprint density at radius 2 is 1.76 bits per heavy atom. The fourth-order valence-electron chi connectivity index (χ4n) is 2.95. The maximum absolute atomic E-state index is 12.6. The molecule has 0 aliphatic rings. The third-order valence-electron chi connectivity index (χ3n) is 4.41. The molecule has 0 aliphatic heterocycles. The van der Waals surface area contributed by atoms with Crippen molar-refractivity contribution in [3.05, 3.63) is 72.1 Å². The van der Waals surface area contributed by atoms with Gasteiger partial charge in [-0.25, -0.2) is 4.79 Å². The molecule has 29 heavy (non-hydrogen) atoms. The van der Waals surface area contributed by atoms with Crippen LogP contribution in [0.3, 0.4) is 0 Å². The SMILES string of the molecule is COc1cccc(-c2noc(COC(=O)c3cc4ccccc4cc3OC)n2)c1. The Labute approximate surface area is 166 Å². The molecule has 0 spiro atoms. The molecule has 1 aromatic heterocycles. The number of hydrogen-bond donors (Lipinski definition) is 0. The Hall–Kier alpha value is -3.87. The molecule has 0 fully saturated rings. The Morgan fingerprint density at radius 3 is 2.52 bits per heavy atom. The summed E-state index contributed by atoms with van der Waals surface area (Å²) in [5.74, 6) is 1.17. The van der Waals surface area contributed by atoms with Crippen LogP contribution in [0.1, 0.15) is 16.2 Å². The van der Waals surface area contributed by atoms with Crippen LogP contribution in [0.25, 0.3) is 22.2 Å². The van der Waals surface area contributed by atoms with Crippen LogP contribution >= 0.6 is 0 Å². The standard InChI is InChI=1S/C22H18N2O5/c1-26-17-9-5-8-16(10-17)21-23-20(29-24-21)13-28-22(25)18-11-14-6-3-4-7-15(14)12-19(18)27-2/h3-12H,13H2,1-2H3. The first kappa shape index (κ1) is 18.5. The van der Waals surface area contributed by atoms with Crippen molar-refractivity contribution in [2.75, 3.05) is 14.2 Å². The average molecular weight is 390 g/mol. The van der Waals surface area contributed by atoms with Crippen LogP contribution in [0.15, 0.2) is 65.2 Å². The molecule has 0 unspecified atom stereocenters. The molecule has 0 N–H and O–H groups in total. The maximum Gasteiger partial charge on any atom is 0.342 e. The van der Waals surface area contributed by atoms with E-state index in [-0.39, 0.29) is 12.5 Å². The van der Waals surface area contributed by atoms with Crippen LogP contribution in [0.2, 0.25) is 0 Å². The molecule has 0 atom stereocenters. The summed E-state index contributed by atoms with van der Waals surface area (Å²) in [6.07, 6.45) is 0. The third-order valence-corrected chi connectivity index (χ3v) is 4.41. The highest BCUT2D eigenvalue weighted by molar-refractivity contribution is 5.98. The molecule has 4 rings (SSSR count). The number of esters is 1. The number of carbonyl (C=O) groups is 1. The van der Waals surface area contributed by atoms with Gasteiger partial charge in [0, 0.05) is 5.56 Å². The van der Waals surface area contributed by atoms with Gasteiger partial charge in [-0.1, -0.05) is 41.6 Å². The Balaban J connectivity index is 1.50. The first-order valence-corrected chi connectivity index (χ1v) is 8.89. The molecule has 7 heteroatoms. The van der Waals surface area contributed by atoms with E-state index < -0.39 is 5.97 Å². The van der Waals surface area contributed by atoms with Gasteiger partial charge in [0.1, 0.15) is 17.1 Å².